The average Bonchev–Trinajstić information content (AvgIpc) is 3.28. The maximum atomic E-state index is 9.43. The van der Waals surface area contributed by atoms with E-state index in [9.17, 15) is 5.11 Å². The first-order valence-electron chi connectivity index (χ1n) is 8.08. The van der Waals surface area contributed by atoms with E-state index in [1.807, 2.05) is 31.2 Å². The molecular formula is C19H17BrN4O2. The third kappa shape index (κ3) is 3.00. The molecule has 26 heavy (non-hydrogen) atoms. The number of aromatic amines is 2. The number of hydrogen-bond acceptors (Lipinski definition) is 4. The summed E-state index contributed by atoms with van der Waals surface area (Å²) in [6.07, 6.45) is 0. The maximum Gasteiger partial charge on any atom is 0.156 e. The summed E-state index contributed by atoms with van der Waals surface area (Å²) in [5, 5.41) is 16.8. The molecule has 0 atom stereocenters. The Morgan fingerprint density at radius 1 is 1.15 bits per heavy atom. The van der Waals surface area contributed by atoms with Gasteiger partial charge in [-0.3, -0.25) is 5.10 Å². The number of nitrogens with one attached hydrogen (secondary N) is 2. The summed E-state index contributed by atoms with van der Waals surface area (Å²) in [5.74, 6) is 1.40. The zero-order valence-electron chi connectivity index (χ0n) is 14.3. The van der Waals surface area contributed by atoms with Crippen molar-refractivity contribution in [1.29, 1.82) is 0 Å². The number of aliphatic hydroxyl groups is 1. The smallest absolute Gasteiger partial charge is 0.156 e. The van der Waals surface area contributed by atoms with Gasteiger partial charge in [0.05, 0.1) is 30.4 Å². The van der Waals surface area contributed by atoms with Crippen molar-refractivity contribution < 1.29 is 9.84 Å². The Balaban J connectivity index is 1.74. The number of halogens is 1. The number of fused-ring (bicyclic) bond motifs is 1. The number of aryl methyl sites for hydroxylation is 1. The van der Waals surface area contributed by atoms with Gasteiger partial charge in [0.15, 0.2) is 5.82 Å². The van der Waals surface area contributed by atoms with E-state index in [1.54, 1.807) is 13.2 Å². The van der Waals surface area contributed by atoms with Gasteiger partial charge >= 0.3 is 0 Å². The number of methoxy groups -OCH3 is 1. The van der Waals surface area contributed by atoms with Crippen molar-refractivity contribution in [2.24, 2.45) is 0 Å². The van der Waals surface area contributed by atoms with Crippen LogP contribution in [0.4, 0.5) is 0 Å². The number of hydrogen-bond donors (Lipinski definition) is 3. The molecule has 0 aliphatic carbocycles. The predicted molar refractivity (Wildman–Crippen MR) is 104 cm³/mol. The van der Waals surface area contributed by atoms with E-state index in [2.05, 4.69) is 42.2 Å². The molecule has 0 radical (unpaired) electrons. The van der Waals surface area contributed by atoms with Crippen molar-refractivity contribution in [3.63, 3.8) is 0 Å². The monoisotopic (exact) mass is 412 g/mol. The minimum Gasteiger partial charge on any atom is -0.497 e. The second-order valence-electron chi connectivity index (χ2n) is 6.10. The van der Waals surface area contributed by atoms with Gasteiger partial charge in [0.2, 0.25) is 0 Å². The fourth-order valence-electron chi connectivity index (χ4n) is 2.88. The fraction of sp³-hybridized carbons (Fsp3) is 0.158. The molecule has 0 unspecified atom stereocenters. The molecule has 0 fully saturated rings. The molecule has 6 nitrogen and oxygen atoms in total. The minimum absolute atomic E-state index is 0.0563. The summed E-state index contributed by atoms with van der Waals surface area (Å²) >= 11 is 3.54. The number of aliphatic hydroxyl groups excluding tert-OH is 1. The number of H-pyrrole nitrogens is 2. The number of benzene rings is 2. The number of aromatic nitrogens is 4. The zero-order valence-corrected chi connectivity index (χ0v) is 15.9. The standard InChI is InChI=1S/C19H17BrN4O2/c1-10-3-16-17(7-14(10)20)22-19(21-16)18-8-15(23-24-18)12-4-11(9-25)5-13(6-12)26-2/h3-8,25H,9H2,1-2H3,(H,21,22)(H,23,24). The van der Waals surface area contributed by atoms with Crippen LogP contribution in [0.15, 0.2) is 40.9 Å². The Kier molecular flexibility index (Phi) is 4.26. The van der Waals surface area contributed by atoms with E-state index >= 15 is 0 Å². The van der Waals surface area contributed by atoms with Crippen LogP contribution >= 0.6 is 15.9 Å². The summed E-state index contributed by atoms with van der Waals surface area (Å²) in [5.41, 5.74) is 6.19. The van der Waals surface area contributed by atoms with Gasteiger partial charge in [0, 0.05) is 10.0 Å². The van der Waals surface area contributed by atoms with Gasteiger partial charge in [-0.15, -0.1) is 0 Å². The highest BCUT2D eigenvalue weighted by molar-refractivity contribution is 9.10. The lowest BCUT2D eigenvalue weighted by molar-refractivity contribution is 0.281. The molecule has 3 N–H and O–H groups in total. The quantitative estimate of drug-likeness (QED) is 0.468. The Hall–Kier alpha value is -2.64. The van der Waals surface area contributed by atoms with E-state index in [4.69, 9.17) is 4.74 Å². The molecule has 4 rings (SSSR count). The molecule has 0 bridgehead atoms. The van der Waals surface area contributed by atoms with E-state index in [-0.39, 0.29) is 6.61 Å². The lowest BCUT2D eigenvalue weighted by Gasteiger charge is -2.05. The molecule has 0 aliphatic heterocycles. The van der Waals surface area contributed by atoms with Gasteiger partial charge in [0.25, 0.3) is 0 Å². The first kappa shape index (κ1) is 16.8. The first-order chi connectivity index (χ1) is 12.6. The lowest BCUT2D eigenvalue weighted by atomic mass is 10.1. The Labute approximate surface area is 158 Å². The Morgan fingerprint density at radius 3 is 2.77 bits per heavy atom. The molecular weight excluding hydrogens is 396 g/mol. The normalized spacial score (nSPS) is 11.2. The van der Waals surface area contributed by atoms with Crippen molar-refractivity contribution in [3.8, 4) is 28.5 Å². The topological polar surface area (TPSA) is 86.8 Å². The van der Waals surface area contributed by atoms with Gasteiger partial charge in [-0.2, -0.15) is 5.10 Å². The Morgan fingerprint density at radius 2 is 2.00 bits per heavy atom. The highest BCUT2D eigenvalue weighted by atomic mass is 79.9. The zero-order chi connectivity index (χ0) is 18.3. The van der Waals surface area contributed by atoms with E-state index in [0.29, 0.717) is 5.75 Å². The second-order valence-corrected chi connectivity index (χ2v) is 6.95. The lowest BCUT2D eigenvalue weighted by Crippen LogP contribution is -1.90. The van der Waals surface area contributed by atoms with Crippen LogP contribution < -0.4 is 4.74 Å². The summed E-state index contributed by atoms with van der Waals surface area (Å²) < 4.78 is 6.33. The van der Waals surface area contributed by atoms with Gasteiger partial charge in [-0.25, -0.2) is 4.98 Å². The molecule has 7 heteroatoms. The molecule has 0 saturated carbocycles. The number of ether oxygens (including phenoxy) is 1. The van der Waals surface area contributed by atoms with Crippen LogP contribution in [-0.4, -0.2) is 32.4 Å². The van der Waals surface area contributed by atoms with Crippen LogP contribution in [0, 0.1) is 6.92 Å². The Bertz CT molecular complexity index is 1040. The second kappa shape index (κ2) is 6.59. The molecule has 132 valence electrons. The SMILES string of the molecule is COc1cc(CO)cc(-c2cc(-c3nc4cc(Br)c(C)cc4[nH]3)[nH]n2)c1. The molecule has 4 aromatic rings. The van der Waals surface area contributed by atoms with Crippen molar-refractivity contribution in [2.75, 3.05) is 7.11 Å². The number of imidazole rings is 1. The minimum atomic E-state index is -0.0563. The van der Waals surface area contributed by atoms with E-state index in [1.165, 1.54) is 0 Å². The third-order valence-corrected chi connectivity index (χ3v) is 5.13. The molecule has 0 spiro atoms. The predicted octanol–water partition coefficient (Wildman–Crippen LogP) is 4.19. The molecule has 0 amide bonds. The summed E-state index contributed by atoms with van der Waals surface area (Å²) in [4.78, 5) is 7.96. The number of nitrogens with zero attached hydrogens (tertiary/aromatic N) is 2. The van der Waals surface area contributed by atoms with Crippen LogP contribution in [0.3, 0.4) is 0 Å². The highest BCUT2D eigenvalue weighted by Crippen LogP contribution is 2.29. The highest BCUT2D eigenvalue weighted by Gasteiger charge is 2.12. The van der Waals surface area contributed by atoms with Gasteiger partial charge in [-0.1, -0.05) is 15.9 Å². The van der Waals surface area contributed by atoms with Crippen LogP contribution in [-0.2, 0) is 6.61 Å². The van der Waals surface area contributed by atoms with Gasteiger partial charge < -0.3 is 14.8 Å². The average molecular weight is 413 g/mol. The van der Waals surface area contributed by atoms with Crippen molar-refractivity contribution in [2.45, 2.75) is 13.5 Å². The maximum absolute atomic E-state index is 9.43. The molecule has 2 heterocycles. The molecule has 0 aliphatic rings. The van der Waals surface area contributed by atoms with Crippen LogP contribution in [0.25, 0.3) is 33.8 Å². The van der Waals surface area contributed by atoms with Crippen molar-refractivity contribution in [1.82, 2.24) is 20.2 Å². The molecule has 0 saturated heterocycles. The van der Waals surface area contributed by atoms with Gasteiger partial charge in [0.1, 0.15) is 11.4 Å². The first-order valence-corrected chi connectivity index (χ1v) is 8.87. The molecule has 2 aromatic heterocycles. The fourth-order valence-corrected chi connectivity index (χ4v) is 3.21. The van der Waals surface area contributed by atoms with Crippen LogP contribution in [0.1, 0.15) is 11.1 Å². The van der Waals surface area contributed by atoms with E-state index in [0.717, 1.165) is 49.4 Å². The third-order valence-electron chi connectivity index (χ3n) is 4.28. The summed E-state index contributed by atoms with van der Waals surface area (Å²) in [6.45, 7) is 1.99. The van der Waals surface area contributed by atoms with Crippen LogP contribution in [0.2, 0.25) is 0 Å². The number of rotatable bonds is 4. The van der Waals surface area contributed by atoms with Crippen molar-refractivity contribution >= 4 is 27.0 Å². The summed E-state index contributed by atoms with van der Waals surface area (Å²) in [6, 6.07) is 11.6. The van der Waals surface area contributed by atoms with Crippen molar-refractivity contribution in [3.05, 3.63) is 52.0 Å². The largest absolute Gasteiger partial charge is 0.497 e. The van der Waals surface area contributed by atoms with Crippen LogP contribution in [0.5, 0.6) is 5.75 Å². The van der Waals surface area contributed by atoms with Gasteiger partial charge in [-0.05, 0) is 54.4 Å². The van der Waals surface area contributed by atoms with E-state index < -0.39 is 0 Å². The summed E-state index contributed by atoms with van der Waals surface area (Å²) in [7, 11) is 1.60. The molecule has 2 aromatic carbocycles.